The highest BCUT2D eigenvalue weighted by Crippen LogP contribution is 2.34. The first-order valence-electron chi connectivity index (χ1n) is 12.1. The molecule has 6 nitrogen and oxygen atoms in total. The Bertz CT molecular complexity index is 1280. The Balaban J connectivity index is 1.41. The van der Waals surface area contributed by atoms with Gasteiger partial charge in [0.1, 0.15) is 11.3 Å². The Morgan fingerprint density at radius 3 is 2.36 bits per heavy atom. The first-order valence-corrected chi connectivity index (χ1v) is 12.1. The normalized spacial score (nSPS) is 18.4. The maximum absolute atomic E-state index is 5.49. The number of ether oxygens (including phenoxy) is 1. The van der Waals surface area contributed by atoms with Gasteiger partial charge >= 0.3 is 0 Å². The third kappa shape index (κ3) is 3.77. The molecule has 0 unspecified atom stereocenters. The van der Waals surface area contributed by atoms with Crippen LogP contribution in [0.3, 0.4) is 0 Å². The van der Waals surface area contributed by atoms with Crippen molar-refractivity contribution < 1.29 is 4.74 Å². The van der Waals surface area contributed by atoms with Crippen LogP contribution in [0, 0.1) is 6.92 Å². The molecule has 0 saturated carbocycles. The van der Waals surface area contributed by atoms with E-state index in [1.54, 1.807) is 0 Å². The third-order valence-corrected chi connectivity index (χ3v) is 7.32. The van der Waals surface area contributed by atoms with Gasteiger partial charge in [0.25, 0.3) is 0 Å². The lowest BCUT2D eigenvalue weighted by Crippen LogP contribution is -2.36. The highest BCUT2D eigenvalue weighted by Gasteiger charge is 2.23. The molecule has 0 radical (unpaired) electrons. The van der Waals surface area contributed by atoms with Gasteiger partial charge in [0, 0.05) is 30.2 Å². The average Bonchev–Trinajstić information content (AvgIpc) is 3.21. The lowest BCUT2D eigenvalue weighted by Gasteiger charge is -2.31. The van der Waals surface area contributed by atoms with Crippen molar-refractivity contribution in [2.75, 3.05) is 51.3 Å². The lowest BCUT2D eigenvalue weighted by atomic mass is 10.0. The van der Waals surface area contributed by atoms with E-state index < -0.39 is 0 Å². The van der Waals surface area contributed by atoms with Gasteiger partial charge in [0.05, 0.1) is 30.4 Å². The van der Waals surface area contributed by atoms with Gasteiger partial charge in [-0.05, 0) is 75.3 Å². The van der Waals surface area contributed by atoms with Crippen molar-refractivity contribution in [1.29, 1.82) is 0 Å². The Morgan fingerprint density at radius 1 is 0.879 bits per heavy atom. The van der Waals surface area contributed by atoms with Crippen LogP contribution in [-0.4, -0.2) is 65.9 Å². The number of fused-ring (bicyclic) bond motifs is 3. The van der Waals surface area contributed by atoms with Crippen molar-refractivity contribution in [3.05, 3.63) is 54.5 Å². The van der Waals surface area contributed by atoms with E-state index in [9.17, 15) is 0 Å². The van der Waals surface area contributed by atoms with Crippen molar-refractivity contribution in [3.63, 3.8) is 0 Å². The Morgan fingerprint density at radius 2 is 1.61 bits per heavy atom. The summed E-state index contributed by atoms with van der Waals surface area (Å²) >= 11 is 0. The number of likely N-dealkylation sites (tertiary alicyclic amines) is 1. The van der Waals surface area contributed by atoms with E-state index in [-0.39, 0.29) is 0 Å². The number of aryl methyl sites for hydroxylation is 1. The molecular weight excluding hydrogens is 410 g/mol. The Hall–Kier alpha value is -2.96. The van der Waals surface area contributed by atoms with E-state index in [0.717, 1.165) is 69.1 Å². The fraction of sp³-hybridized carbons (Fsp3) is 0.407. The molecule has 2 aliphatic heterocycles. The number of hydrogen-bond acceptors (Lipinski definition) is 5. The lowest BCUT2D eigenvalue weighted by molar-refractivity contribution is 0.122. The summed E-state index contributed by atoms with van der Waals surface area (Å²) in [5.74, 6) is 1.09. The van der Waals surface area contributed by atoms with Crippen molar-refractivity contribution >= 4 is 27.6 Å². The number of imidazole rings is 1. The molecule has 2 fully saturated rings. The zero-order valence-electron chi connectivity index (χ0n) is 19.5. The SMILES string of the molecule is Cc1nc2cnc3ccc(-c4ccc(N5CCOCC5)cc4)cc3c2n1C1CCN(C)CC1. The first-order chi connectivity index (χ1) is 16.2. The quantitative estimate of drug-likeness (QED) is 0.463. The molecule has 6 rings (SSSR count). The molecule has 2 saturated heterocycles. The third-order valence-electron chi connectivity index (χ3n) is 7.32. The number of rotatable bonds is 3. The number of morpholine rings is 1. The number of benzene rings is 2. The molecule has 4 heterocycles. The van der Waals surface area contributed by atoms with Crippen LogP contribution in [-0.2, 0) is 4.74 Å². The molecular formula is C27H31N5O. The highest BCUT2D eigenvalue weighted by molar-refractivity contribution is 6.04. The average molecular weight is 442 g/mol. The summed E-state index contributed by atoms with van der Waals surface area (Å²) in [5, 5.41) is 1.20. The van der Waals surface area contributed by atoms with E-state index in [1.165, 1.54) is 27.7 Å². The molecule has 0 amide bonds. The van der Waals surface area contributed by atoms with Gasteiger partial charge < -0.3 is 19.1 Å². The standard InChI is InChI=1S/C27H31N5O/c1-19-29-26-18-28-25-8-5-21(20-3-6-22(7-4-20)31-13-15-33-16-14-31)17-24(25)27(26)32(19)23-9-11-30(2)12-10-23/h3-8,17-18,23H,9-16H2,1-2H3. The first kappa shape index (κ1) is 20.6. The predicted molar refractivity (Wildman–Crippen MR) is 134 cm³/mol. The van der Waals surface area contributed by atoms with Crippen LogP contribution in [0.2, 0.25) is 0 Å². The summed E-state index contributed by atoms with van der Waals surface area (Å²) in [4.78, 5) is 14.4. The van der Waals surface area contributed by atoms with Crippen LogP contribution >= 0.6 is 0 Å². The van der Waals surface area contributed by atoms with E-state index in [0.29, 0.717) is 6.04 Å². The molecule has 2 aromatic heterocycles. The van der Waals surface area contributed by atoms with Crippen molar-refractivity contribution in [3.8, 4) is 11.1 Å². The van der Waals surface area contributed by atoms with Gasteiger partial charge in [-0.15, -0.1) is 0 Å². The predicted octanol–water partition coefficient (Wildman–Crippen LogP) is 4.66. The summed E-state index contributed by atoms with van der Waals surface area (Å²) in [7, 11) is 2.21. The van der Waals surface area contributed by atoms with E-state index >= 15 is 0 Å². The number of pyridine rings is 1. The number of hydrogen-bond donors (Lipinski definition) is 0. The van der Waals surface area contributed by atoms with E-state index in [4.69, 9.17) is 14.7 Å². The molecule has 0 aliphatic carbocycles. The maximum atomic E-state index is 5.49. The minimum Gasteiger partial charge on any atom is -0.378 e. The van der Waals surface area contributed by atoms with Crippen LogP contribution in [0.1, 0.15) is 24.7 Å². The molecule has 0 atom stereocenters. The molecule has 0 N–H and O–H groups in total. The van der Waals surface area contributed by atoms with Crippen LogP contribution in [0.4, 0.5) is 5.69 Å². The maximum Gasteiger partial charge on any atom is 0.108 e. The van der Waals surface area contributed by atoms with Gasteiger partial charge in [0.2, 0.25) is 0 Å². The second kappa shape index (κ2) is 8.43. The van der Waals surface area contributed by atoms with Gasteiger partial charge in [-0.25, -0.2) is 4.98 Å². The van der Waals surface area contributed by atoms with Crippen LogP contribution < -0.4 is 4.90 Å². The zero-order valence-corrected chi connectivity index (χ0v) is 19.5. The molecule has 0 spiro atoms. The molecule has 0 bridgehead atoms. The monoisotopic (exact) mass is 441 g/mol. The zero-order chi connectivity index (χ0) is 22.4. The van der Waals surface area contributed by atoms with Gasteiger partial charge in [-0.1, -0.05) is 18.2 Å². The fourth-order valence-electron chi connectivity index (χ4n) is 5.46. The molecule has 33 heavy (non-hydrogen) atoms. The van der Waals surface area contributed by atoms with Gasteiger partial charge in [-0.3, -0.25) is 4.98 Å². The molecule has 2 aromatic carbocycles. The largest absolute Gasteiger partial charge is 0.378 e. The summed E-state index contributed by atoms with van der Waals surface area (Å²) in [5.41, 5.74) is 6.98. The minimum atomic E-state index is 0.494. The second-order valence-corrected chi connectivity index (χ2v) is 9.43. The Kier molecular flexibility index (Phi) is 5.27. The molecule has 4 aromatic rings. The number of nitrogens with zero attached hydrogens (tertiary/aromatic N) is 5. The summed E-state index contributed by atoms with van der Waals surface area (Å²) in [6.45, 7) is 7.93. The summed E-state index contributed by atoms with van der Waals surface area (Å²) < 4.78 is 7.98. The molecule has 6 heteroatoms. The second-order valence-electron chi connectivity index (χ2n) is 9.43. The minimum absolute atomic E-state index is 0.494. The number of aromatic nitrogens is 3. The summed E-state index contributed by atoms with van der Waals surface area (Å²) in [6, 6.07) is 16.1. The highest BCUT2D eigenvalue weighted by atomic mass is 16.5. The van der Waals surface area contributed by atoms with Gasteiger partial charge in [0.15, 0.2) is 0 Å². The molecule has 2 aliphatic rings. The van der Waals surface area contributed by atoms with E-state index in [2.05, 4.69) is 70.8 Å². The molecule has 170 valence electrons. The Labute approximate surface area is 194 Å². The van der Waals surface area contributed by atoms with E-state index in [1.807, 2.05) is 6.20 Å². The van der Waals surface area contributed by atoms with Crippen molar-refractivity contribution in [1.82, 2.24) is 19.4 Å². The van der Waals surface area contributed by atoms with Crippen LogP contribution in [0.25, 0.3) is 33.1 Å². The van der Waals surface area contributed by atoms with Gasteiger partial charge in [-0.2, -0.15) is 0 Å². The number of anilines is 1. The fourth-order valence-corrected chi connectivity index (χ4v) is 5.46. The smallest absolute Gasteiger partial charge is 0.108 e. The summed E-state index contributed by atoms with van der Waals surface area (Å²) in [6.07, 6.45) is 4.26. The number of piperidine rings is 1. The van der Waals surface area contributed by atoms with Crippen LogP contribution in [0.5, 0.6) is 0 Å². The topological polar surface area (TPSA) is 46.4 Å². The van der Waals surface area contributed by atoms with Crippen molar-refractivity contribution in [2.45, 2.75) is 25.8 Å². The van der Waals surface area contributed by atoms with Crippen LogP contribution in [0.15, 0.2) is 48.7 Å². The van der Waals surface area contributed by atoms with Crippen molar-refractivity contribution in [2.24, 2.45) is 0 Å².